The van der Waals surface area contributed by atoms with Crippen molar-refractivity contribution < 1.29 is 23.2 Å². The molecular formula is C25H23ClFN5O4S. The standard InChI is InChI=1S/C25H23ClFN5O4S/c1-12-3-4-13(15(26)7-12)21-19(25(33)34-2)16(30-23(31-21)24-28-5-6-37-24)9-32-17-10-35-11-18(32)20(27)22-14(17)8-29-36-22/h3-8,17-18,20-21H,9-11H2,1-2H3,(H,30,31)/t17?,18?,20?,21-/m0/s1. The Hall–Kier alpha value is -3.12. The minimum absolute atomic E-state index is 0.180. The summed E-state index contributed by atoms with van der Waals surface area (Å²) in [6.07, 6.45) is 1.80. The highest BCUT2D eigenvalue weighted by atomic mass is 35.5. The van der Waals surface area contributed by atoms with Crippen molar-refractivity contribution >= 4 is 34.7 Å². The lowest BCUT2D eigenvalue weighted by Gasteiger charge is -2.46. The number of hydrogen-bond donors (Lipinski definition) is 1. The summed E-state index contributed by atoms with van der Waals surface area (Å²) in [4.78, 5) is 24.5. The van der Waals surface area contributed by atoms with Crippen LogP contribution >= 0.6 is 22.9 Å². The van der Waals surface area contributed by atoms with Crippen molar-refractivity contribution in [2.75, 3.05) is 26.9 Å². The number of amidine groups is 1. The van der Waals surface area contributed by atoms with E-state index in [0.29, 0.717) is 44.9 Å². The molecule has 9 nitrogen and oxygen atoms in total. The molecule has 4 atom stereocenters. The largest absolute Gasteiger partial charge is 0.466 e. The van der Waals surface area contributed by atoms with E-state index >= 15 is 4.39 Å². The summed E-state index contributed by atoms with van der Waals surface area (Å²) < 4.78 is 31.7. The Morgan fingerprint density at radius 1 is 1.35 bits per heavy atom. The molecule has 0 spiro atoms. The van der Waals surface area contributed by atoms with E-state index in [1.54, 1.807) is 6.20 Å². The van der Waals surface area contributed by atoms with Gasteiger partial charge in [0.2, 0.25) is 0 Å². The Morgan fingerprint density at radius 3 is 2.97 bits per heavy atom. The number of benzene rings is 1. The first kappa shape index (κ1) is 24.2. The van der Waals surface area contributed by atoms with Crippen LogP contribution in [0.1, 0.15) is 45.7 Å². The predicted octanol–water partition coefficient (Wildman–Crippen LogP) is 4.08. The van der Waals surface area contributed by atoms with Crippen LogP contribution in [-0.4, -0.2) is 59.8 Å². The van der Waals surface area contributed by atoms with Crippen LogP contribution in [0.4, 0.5) is 4.39 Å². The van der Waals surface area contributed by atoms with Gasteiger partial charge in [-0.15, -0.1) is 11.3 Å². The monoisotopic (exact) mass is 543 g/mol. The average molecular weight is 544 g/mol. The topological polar surface area (TPSA) is 102 Å². The van der Waals surface area contributed by atoms with Gasteiger partial charge in [0.05, 0.1) is 44.2 Å². The molecule has 1 fully saturated rings. The molecule has 1 saturated heterocycles. The molecule has 0 saturated carbocycles. The van der Waals surface area contributed by atoms with Crippen LogP contribution in [0.15, 0.2) is 56.8 Å². The molecule has 37 heavy (non-hydrogen) atoms. The number of halogens is 2. The molecular weight excluding hydrogens is 521 g/mol. The lowest BCUT2D eigenvalue weighted by Crippen LogP contribution is -2.54. The summed E-state index contributed by atoms with van der Waals surface area (Å²) >= 11 is 8.07. The maximum atomic E-state index is 15.5. The van der Waals surface area contributed by atoms with Gasteiger partial charge in [0.25, 0.3) is 0 Å². The van der Waals surface area contributed by atoms with E-state index in [9.17, 15) is 4.79 Å². The highest BCUT2D eigenvalue weighted by molar-refractivity contribution is 7.11. The summed E-state index contributed by atoms with van der Waals surface area (Å²) in [5, 5.41) is 10.1. The van der Waals surface area contributed by atoms with Crippen molar-refractivity contribution in [3.05, 3.63) is 79.7 Å². The third kappa shape index (κ3) is 4.15. The van der Waals surface area contributed by atoms with Crippen molar-refractivity contribution in [2.45, 2.75) is 31.2 Å². The predicted molar refractivity (Wildman–Crippen MR) is 134 cm³/mol. The zero-order chi connectivity index (χ0) is 25.7. The van der Waals surface area contributed by atoms with Crippen LogP contribution in [-0.2, 0) is 14.3 Å². The van der Waals surface area contributed by atoms with Crippen LogP contribution in [0.25, 0.3) is 0 Å². The van der Waals surface area contributed by atoms with Crippen LogP contribution in [0.2, 0.25) is 5.02 Å². The summed E-state index contributed by atoms with van der Waals surface area (Å²) in [5.74, 6) is 0.190. The van der Waals surface area contributed by atoms with Gasteiger partial charge >= 0.3 is 5.97 Å². The quantitative estimate of drug-likeness (QED) is 0.480. The number of ether oxygens (including phenoxy) is 2. The van der Waals surface area contributed by atoms with Crippen LogP contribution in [0.5, 0.6) is 0 Å². The Kier molecular flexibility index (Phi) is 6.31. The van der Waals surface area contributed by atoms with Crippen molar-refractivity contribution in [1.82, 2.24) is 20.4 Å². The second-order valence-corrected chi connectivity index (χ2v) is 10.4. The van der Waals surface area contributed by atoms with E-state index in [2.05, 4.69) is 15.5 Å². The number of aryl methyl sites for hydroxylation is 1. The lowest BCUT2D eigenvalue weighted by molar-refractivity contribution is -0.136. The number of nitrogens with zero attached hydrogens (tertiary/aromatic N) is 4. The van der Waals surface area contributed by atoms with Gasteiger partial charge in [-0.1, -0.05) is 28.9 Å². The molecule has 6 rings (SSSR count). The number of fused-ring (bicyclic) bond motifs is 4. The number of methoxy groups -OCH3 is 1. The smallest absolute Gasteiger partial charge is 0.338 e. The molecule has 0 amide bonds. The molecule has 3 aliphatic heterocycles. The number of alkyl halides is 1. The normalized spacial score (nSPS) is 25.4. The molecule has 2 bridgehead atoms. The molecule has 3 unspecified atom stereocenters. The third-order valence-corrected chi connectivity index (χ3v) is 8.03. The first-order valence-corrected chi connectivity index (χ1v) is 13.0. The molecule has 5 heterocycles. The number of morpholine rings is 1. The molecule has 3 aliphatic rings. The fourth-order valence-corrected chi connectivity index (χ4v) is 6.07. The second kappa shape index (κ2) is 9.64. The zero-order valence-corrected chi connectivity index (χ0v) is 21.6. The summed E-state index contributed by atoms with van der Waals surface area (Å²) in [6, 6.07) is 3.97. The number of carbonyl (C=O) groups excluding carboxylic acids is 1. The third-order valence-electron chi connectivity index (χ3n) is 6.92. The van der Waals surface area contributed by atoms with Gasteiger partial charge < -0.3 is 19.3 Å². The molecule has 0 aliphatic carbocycles. The van der Waals surface area contributed by atoms with Gasteiger partial charge in [0.15, 0.2) is 22.8 Å². The van der Waals surface area contributed by atoms with Gasteiger partial charge in [0.1, 0.15) is 6.04 Å². The molecule has 1 N–H and O–H groups in total. The highest BCUT2D eigenvalue weighted by Crippen LogP contribution is 2.45. The van der Waals surface area contributed by atoms with Crippen molar-refractivity contribution in [3.8, 4) is 0 Å². The first-order chi connectivity index (χ1) is 18.0. The number of esters is 1. The summed E-state index contributed by atoms with van der Waals surface area (Å²) in [6.45, 7) is 2.67. The number of hydrogen-bond acceptors (Lipinski definition) is 10. The molecule has 3 aromatic rings. The van der Waals surface area contributed by atoms with Gasteiger partial charge in [-0.2, -0.15) is 0 Å². The zero-order valence-electron chi connectivity index (χ0n) is 20.0. The molecule has 12 heteroatoms. The van der Waals surface area contributed by atoms with Crippen molar-refractivity contribution in [3.63, 3.8) is 0 Å². The van der Waals surface area contributed by atoms with E-state index < -0.39 is 24.2 Å². The summed E-state index contributed by atoms with van der Waals surface area (Å²) in [7, 11) is 1.32. The SMILES string of the molecule is COC(=O)C1=C(CN2C3COCC2C(F)c2oncc23)NC(c2nccs2)=N[C@H]1c1ccc(C)cc1Cl. The number of aromatic nitrogens is 2. The second-order valence-electron chi connectivity index (χ2n) is 9.09. The van der Waals surface area contributed by atoms with E-state index in [0.717, 1.165) is 5.56 Å². The maximum absolute atomic E-state index is 15.5. The van der Waals surface area contributed by atoms with Crippen molar-refractivity contribution in [1.29, 1.82) is 0 Å². The van der Waals surface area contributed by atoms with Gasteiger partial charge in [-0.05, 0) is 18.6 Å². The molecule has 2 aromatic heterocycles. The minimum Gasteiger partial charge on any atom is -0.466 e. The summed E-state index contributed by atoms with van der Waals surface area (Å²) in [5.41, 5.74) is 3.13. The van der Waals surface area contributed by atoms with E-state index in [1.165, 1.54) is 24.6 Å². The molecule has 0 radical (unpaired) electrons. The Labute approximate surface area is 220 Å². The van der Waals surface area contributed by atoms with Gasteiger partial charge in [0, 0.05) is 40.0 Å². The van der Waals surface area contributed by atoms with Gasteiger partial charge in [-0.25, -0.2) is 14.2 Å². The van der Waals surface area contributed by atoms with Crippen LogP contribution < -0.4 is 5.32 Å². The fourth-order valence-electron chi connectivity index (χ4n) is 5.14. The minimum atomic E-state index is -1.42. The average Bonchev–Trinajstić information content (AvgIpc) is 3.60. The maximum Gasteiger partial charge on any atom is 0.338 e. The van der Waals surface area contributed by atoms with Crippen LogP contribution in [0.3, 0.4) is 0 Å². The Balaban J connectivity index is 1.47. The number of rotatable bonds is 5. The van der Waals surface area contributed by atoms with Gasteiger partial charge in [-0.3, -0.25) is 9.89 Å². The van der Waals surface area contributed by atoms with E-state index in [1.807, 2.05) is 35.4 Å². The number of thiazole rings is 1. The lowest BCUT2D eigenvalue weighted by atomic mass is 9.90. The molecule has 192 valence electrons. The fraction of sp³-hybridized carbons (Fsp3) is 0.360. The Bertz CT molecular complexity index is 1410. The highest BCUT2D eigenvalue weighted by Gasteiger charge is 2.48. The van der Waals surface area contributed by atoms with Crippen LogP contribution in [0, 0.1) is 6.92 Å². The van der Waals surface area contributed by atoms with E-state index in [-0.39, 0.29) is 25.0 Å². The first-order valence-electron chi connectivity index (χ1n) is 11.7. The number of aliphatic imine (C=N–C) groups is 1. The van der Waals surface area contributed by atoms with Crippen molar-refractivity contribution in [2.24, 2.45) is 4.99 Å². The number of carbonyl (C=O) groups is 1. The van der Waals surface area contributed by atoms with E-state index in [4.69, 9.17) is 30.6 Å². The molecule has 1 aromatic carbocycles. The Morgan fingerprint density at radius 2 is 2.22 bits per heavy atom. The number of nitrogens with one attached hydrogen (secondary N) is 1.